The van der Waals surface area contributed by atoms with Gasteiger partial charge in [0.2, 0.25) is 17.2 Å². The number of hydrogen-bond donors (Lipinski definition) is 2. The van der Waals surface area contributed by atoms with Crippen LogP contribution in [0.4, 0.5) is 17.6 Å². The van der Waals surface area contributed by atoms with Crippen molar-refractivity contribution in [3.05, 3.63) is 52.3 Å². The van der Waals surface area contributed by atoms with E-state index in [0.717, 1.165) is 52.0 Å². The van der Waals surface area contributed by atoms with E-state index in [1.165, 1.54) is 16.0 Å². The van der Waals surface area contributed by atoms with Gasteiger partial charge >= 0.3 is 0 Å². The zero-order chi connectivity index (χ0) is 22.6. The Morgan fingerprint density at radius 3 is 2.94 bits per heavy atom. The highest BCUT2D eigenvalue weighted by molar-refractivity contribution is 7.17. The number of anilines is 3. The van der Waals surface area contributed by atoms with Crippen LogP contribution in [0, 0.1) is 6.92 Å². The van der Waals surface area contributed by atoms with Crippen LogP contribution in [0.3, 0.4) is 0 Å². The van der Waals surface area contributed by atoms with Crippen LogP contribution in [0.15, 0.2) is 30.2 Å². The molecular weight excluding hydrogens is 464 g/mol. The van der Waals surface area contributed by atoms with Crippen molar-refractivity contribution in [1.29, 1.82) is 0 Å². The van der Waals surface area contributed by atoms with E-state index in [0.29, 0.717) is 18.2 Å². The summed E-state index contributed by atoms with van der Waals surface area (Å²) >= 11 is 7.66. The molecule has 4 aromatic heterocycles. The maximum Gasteiger partial charge on any atom is 0.253 e. The average Bonchev–Trinajstić information content (AvgIpc) is 3.45. The number of fused-ring (bicyclic) bond motifs is 2. The highest BCUT2D eigenvalue weighted by atomic mass is 35.5. The van der Waals surface area contributed by atoms with E-state index in [4.69, 9.17) is 26.8 Å². The summed E-state index contributed by atoms with van der Waals surface area (Å²) in [5.41, 5.74) is 10.8. The minimum absolute atomic E-state index is 0.123. The Labute approximate surface area is 197 Å². The molecule has 0 saturated heterocycles. The van der Waals surface area contributed by atoms with Crippen LogP contribution in [-0.4, -0.2) is 35.5 Å². The SMILES string of the molecule is Cc1csc2c(-n3nc(Nc4cnc5c(c4)CC4(CCC5)OC=CO4)nc3N)nc(Cl)nc12. The lowest BCUT2D eigenvalue weighted by molar-refractivity contribution is -0.144. The molecule has 0 fully saturated rings. The van der Waals surface area contributed by atoms with Gasteiger partial charge in [-0.2, -0.15) is 14.6 Å². The third-order valence-corrected chi connectivity index (χ3v) is 7.00. The van der Waals surface area contributed by atoms with Crippen molar-refractivity contribution < 1.29 is 9.47 Å². The van der Waals surface area contributed by atoms with E-state index in [2.05, 4.69) is 30.4 Å². The molecule has 2 aliphatic rings. The molecular formula is C21H19ClN8O2S. The van der Waals surface area contributed by atoms with Crippen LogP contribution in [0.1, 0.15) is 29.7 Å². The Balaban J connectivity index is 1.32. The van der Waals surface area contributed by atoms with Gasteiger partial charge < -0.3 is 20.5 Å². The Bertz CT molecular complexity index is 1410. The monoisotopic (exact) mass is 482 g/mol. The standard InChI is InChI=1S/C21H19ClN8O2S/c1-11-10-33-16-15(11)26-18(22)27-17(16)30-19(23)28-20(29-30)25-13-7-12-8-21(31-5-6-32-21)4-2-3-14(12)24-9-13/h5-7,9-10H,2-4,8H2,1H3,(H3,23,25,28,29). The maximum atomic E-state index is 6.18. The summed E-state index contributed by atoms with van der Waals surface area (Å²) < 4.78 is 13.8. The van der Waals surface area contributed by atoms with Gasteiger partial charge in [-0.25, -0.2) is 4.98 Å². The fraction of sp³-hybridized carbons (Fsp3) is 0.286. The summed E-state index contributed by atoms with van der Waals surface area (Å²) in [5, 5.41) is 9.83. The molecule has 33 heavy (non-hydrogen) atoms. The van der Waals surface area contributed by atoms with Crippen LogP contribution in [-0.2, 0) is 22.3 Å². The summed E-state index contributed by atoms with van der Waals surface area (Å²) in [7, 11) is 0. The molecule has 1 aliphatic heterocycles. The van der Waals surface area contributed by atoms with Gasteiger partial charge in [0.25, 0.3) is 5.79 Å². The third-order valence-electron chi connectivity index (χ3n) is 5.75. The minimum Gasteiger partial charge on any atom is -0.456 e. The first-order chi connectivity index (χ1) is 16.0. The van der Waals surface area contributed by atoms with Gasteiger partial charge in [0.1, 0.15) is 12.5 Å². The fourth-order valence-corrected chi connectivity index (χ4v) is 5.34. The Hall–Kier alpha value is -3.44. The largest absolute Gasteiger partial charge is 0.456 e. The summed E-state index contributed by atoms with van der Waals surface area (Å²) in [6.07, 6.45) is 8.20. The molecule has 3 N–H and O–H groups in total. The number of nitrogens with one attached hydrogen (secondary N) is 1. The van der Waals surface area contributed by atoms with E-state index in [-0.39, 0.29) is 11.2 Å². The van der Waals surface area contributed by atoms with Gasteiger partial charge in [-0.05, 0) is 53.9 Å². The van der Waals surface area contributed by atoms with Crippen molar-refractivity contribution in [2.75, 3.05) is 11.1 Å². The summed E-state index contributed by atoms with van der Waals surface area (Å²) in [6, 6.07) is 2.03. The number of hydrogen-bond acceptors (Lipinski definition) is 10. The molecule has 0 bridgehead atoms. The Morgan fingerprint density at radius 2 is 2.09 bits per heavy atom. The summed E-state index contributed by atoms with van der Waals surface area (Å²) in [4.78, 5) is 17.7. The second kappa shape index (κ2) is 7.56. The predicted octanol–water partition coefficient (Wildman–Crippen LogP) is 4.05. The smallest absolute Gasteiger partial charge is 0.253 e. The van der Waals surface area contributed by atoms with Gasteiger partial charge in [-0.15, -0.1) is 16.4 Å². The number of thiophene rings is 1. The minimum atomic E-state index is -0.647. The van der Waals surface area contributed by atoms with Crippen LogP contribution < -0.4 is 11.1 Å². The predicted molar refractivity (Wildman–Crippen MR) is 125 cm³/mol. The third kappa shape index (κ3) is 3.53. The lowest BCUT2D eigenvalue weighted by Crippen LogP contribution is -2.31. The average molecular weight is 483 g/mol. The first-order valence-corrected chi connectivity index (χ1v) is 11.7. The highest BCUT2D eigenvalue weighted by Gasteiger charge is 2.38. The summed E-state index contributed by atoms with van der Waals surface area (Å²) in [6.45, 7) is 1.97. The number of aromatic nitrogens is 6. The maximum absolute atomic E-state index is 6.18. The zero-order valence-electron chi connectivity index (χ0n) is 17.6. The molecule has 0 radical (unpaired) electrons. The van der Waals surface area contributed by atoms with E-state index < -0.39 is 5.79 Å². The van der Waals surface area contributed by atoms with E-state index in [1.807, 2.05) is 18.4 Å². The van der Waals surface area contributed by atoms with E-state index in [1.54, 1.807) is 18.7 Å². The van der Waals surface area contributed by atoms with Crippen LogP contribution in [0.5, 0.6) is 0 Å². The normalized spacial score (nSPS) is 16.4. The topological polar surface area (TPSA) is 126 Å². The van der Waals surface area contributed by atoms with E-state index >= 15 is 0 Å². The number of rotatable bonds is 3. The molecule has 5 heterocycles. The van der Waals surface area contributed by atoms with Gasteiger partial charge in [0.05, 0.1) is 28.5 Å². The molecule has 12 heteroatoms. The van der Waals surface area contributed by atoms with Crippen LogP contribution in [0.25, 0.3) is 16.0 Å². The molecule has 0 amide bonds. The van der Waals surface area contributed by atoms with Gasteiger partial charge in [-0.1, -0.05) is 0 Å². The molecule has 0 aromatic carbocycles. The number of nitrogens with zero attached hydrogens (tertiary/aromatic N) is 6. The second-order valence-corrected chi connectivity index (χ2v) is 9.24. The summed E-state index contributed by atoms with van der Waals surface area (Å²) in [5.74, 6) is 0.349. The van der Waals surface area contributed by atoms with Crippen LogP contribution in [0.2, 0.25) is 5.28 Å². The van der Waals surface area contributed by atoms with Gasteiger partial charge in [-0.3, -0.25) is 4.98 Å². The lowest BCUT2D eigenvalue weighted by Gasteiger charge is -2.26. The van der Waals surface area contributed by atoms with Crippen molar-refractivity contribution in [3.8, 4) is 5.82 Å². The molecule has 1 spiro atoms. The Morgan fingerprint density at radius 1 is 1.24 bits per heavy atom. The first-order valence-electron chi connectivity index (χ1n) is 10.4. The molecule has 6 rings (SSSR count). The molecule has 10 nitrogen and oxygen atoms in total. The van der Waals surface area contributed by atoms with Crippen molar-refractivity contribution >= 4 is 50.7 Å². The quantitative estimate of drug-likeness (QED) is 0.416. The second-order valence-electron chi connectivity index (χ2n) is 8.02. The van der Waals surface area contributed by atoms with Gasteiger partial charge in [0, 0.05) is 12.1 Å². The number of aryl methyl sites for hydroxylation is 2. The first kappa shape index (κ1) is 20.2. The molecule has 168 valence electrons. The fourth-order valence-electron chi connectivity index (χ4n) is 4.22. The number of nitrogens with two attached hydrogens (primary N) is 1. The molecule has 0 unspecified atom stereocenters. The van der Waals surface area contributed by atoms with Gasteiger partial charge in [0.15, 0.2) is 5.82 Å². The Kier molecular flexibility index (Phi) is 4.63. The molecule has 4 aromatic rings. The van der Waals surface area contributed by atoms with Crippen molar-refractivity contribution in [3.63, 3.8) is 0 Å². The number of nitrogen functional groups attached to an aromatic ring is 1. The van der Waals surface area contributed by atoms with E-state index in [9.17, 15) is 0 Å². The zero-order valence-corrected chi connectivity index (χ0v) is 19.2. The highest BCUT2D eigenvalue weighted by Crippen LogP contribution is 2.35. The van der Waals surface area contributed by atoms with Crippen molar-refractivity contribution in [2.45, 2.75) is 38.4 Å². The number of ether oxygens (including phenoxy) is 2. The van der Waals surface area contributed by atoms with Crippen molar-refractivity contribution in [1.82, 2.24) is 29.7 Å². The molecule has 0 atom stereocenters. The molecule has 1 aliphatic carbocycles. The number of halogens is 1. The molecule has 0 saturated carbocycles. The van der Waals surface area contributed by atoms with Crippen molar-refractivity contribution in [2.24, 2.45) is 0 Å². The lowest BCUT2D eigenvalue weighted by atomic mass is 10.0. The van der Waals surface area contributed by atoms with Crippen LogP contribution >= 0.6 is 22.9 Å². The number of pyridine rings is 1.